The topological polar surface area (TPSA) is 55.3 Å². The Balaban J connectivity index is 0. The molecular weight excluding hydrogens is 166 g/mol. The van der Waals surface area contributed by atoms with Gasteiger partial charge in [0.25, 0.3) is 0 Å². The second kappa shape index (κ2) is 7.11. The van der Waals surface area contributed by atoms with Crippen LogP contribution in [0.25, 0.3) is 0 Å². The molecule has 0 fully saturated rings. The second-order valence-electron chi connectivity index (χ2n) is 2.00. The first-order valence-corrected chi connectivity index (χ1v) is 3.69. The summed E-state index contributed by atoms with van der Waals surface area (Å²) in [6.45, 7) is 2.03. The number of nitrogens with two attached hydrogens (primary N) is 2. The van der Waals surface area contributed by atoms with Crippen LogP contribution in [0.1, 0.15) is 6.92 Å². The van der Waals surface area contributed by atoms with Gasteiger partial charge in [0.05, 0.1) is 0 Å². The Hall–Kier alpha value is -0.0000000000000000278. The molecule has 10 heavy (non-hydrogen) atoms. The van der Waals surface area contributed by atoms with E-state index in [1.807, 2.05) is 25.9 Å². The zero-order valence-corrected chi connectivity index (χ0v) is 8.25. The molecular formula is C5H15N3S2. The molecule has 1 unspecified atom stereocenters. The number of hydrogen-bond donors (Lipinski definition) is 3. The smallest absolute Gasteiger partial charge is 0.160 e. The predicted molar refractivity (Wildman–Crippen MR) is 53.1 cm³/mol. The van der Waals surface area contributed by atoms with Crippen molar-refractivity contribution < 1.29 is 0 Å². The van der Waals surface area contributed by atoms with Crippen molar-refractivity contribution in [3.63, 3.8) is 0 Å². The van der Waals surface area contributed by atoms with Gasteiger partial charge in [-0.05, 0) is 33.2 Å². The monoisotopic (exact) mass is 181 g/mol. The summed E-state index contributed by atoms with van der Waals surface area (Å²) in [6, 6.07) is 0. The summed E-state index contributed by atoms with van der Waals surface area (Å²) in [5.74, 6) is 0. The highest BCUT2D eigenvalue weighted by molar-refractivity contribution is 7.80. The maximum absolute atomic E-state index is 4.62. The molecule has 62 valence electrons. The number of rotatable bonds is 1. The Bertz CT molecular complexity index is 82.9. The summed E-state index contributed by atoms with van der Waals surface area (Å²) >= 11 is 8.21. The lowest BCUT2D eigenvalue weighted by Crippen LogP contribution is -2.18. The van der Waals surface area contributed by atoms with Gasteiger partial charge in [0.2, 0.25) is 0 Å². The molecule has 0 saturated heterocycles. The fraction of sp³-hybridized carbons (Fsp3) is 0.800. The van der Waals surface area contributed by atoms with E-state index in [9.17, 15) is 0 Å². The summed E-state index contributed by atoms with van der Waals surface area (Å²) in [6.07, 6.45) is 0. The lowest BCUT2D eigenvalue weighted by atomic mass is 10.7. The molecule has 1 atom stereocenters. The Morgan fingerprint density at radius 3 is 1.60 bits per heavy atom. The van der Waals surface area contributed by atoms with Crippen LogP contribution in [0.5, 0.6) is 0 Å². The van der Waals surface area contributed by atoms with Crippen LogP contribution in [0, 0.1) is 0 Å². The van der Waals surface area contributed by atoms with E-state index in [1.165, 1.54) is 0 Å². The normalized spacial score (nSPS) is 11.7. The molecule has 0 radical (unpaired) electrons. The van der Waals surface area contributed by atoms with E-state index in [0.717, 1.165) is 0 Å². The largest absolute Gasteiger partial charge is 0.377 e. The highest BCUT2D eigenvalue weighted by atomic mass is 32.1. The minimum absolute atomic E-state index is 0.000000000000000222. The highest BCUT2D eigenvalue weighted by Crippen LogP contribution is 1.92. The van der Waals surface area contributed by atoms with Crippen LogP contribution in [0.2, 0.25) is 0 Å². The highest BCUT2D eigenvalue weighted by Gasteiger charge is 1.91. The average Bonchev–Trinajstić information content (AvgIpc) is 1.63. The Kier molecular flexibility index (Phi) is 9.00. The third-order valence-electron chi connectivity index (χ3n) is 0.747. The van der Waals surface area contributed by atoms with Gasteiger partial charge in [-0.2, -0.15) is 12.6 Å². The molecule has 3 nitrogen and oxygen atoms in total. The summed E-state index contributed by atoms with van der Waals surface area (Å²) in [7, 11) is 4.00. The molecule has 0 heterocycles. The van der Waals surface area contributed by atoms with Crippen LogP contribution in [-0.4, -0.2) is 29.5 Å². The molecule has 0 aromatic rings. The third-order valence-corrected chi connectivity index (χ3v) is 1.21. The van der Waals surface area contributed by atoms with Gasteiger partial charge in [-0.3, -0.25) is 4.90 Å². The number of hydrogen-bond acceptors (Lipinski definition) is 3. The van der Waals surface area contributed by atoms with Gasteiger partial charge in [-0.25, -0.2) is 0 Å². The first kappa shape index (κ1) is 12.7. The minimum Gasteiger partial charge on any atom is -0.377 e. The van der Waals surface area contributed by atoms with Gasteiger partial charge in [0, 0.05) is 5.37 Å². The quantitative estimate of drug-likeness (QED) is 0.303. The molecule has 0 spiro atoms. The van der Waals surface area contributed by atoms with E-state index in [-0.39, 0.29) is 5.11 Å². The van der Waals surface area contributed by atoms with Crippen LogP contribution in [0.3, 0.4) is 0 Å². The summed E-state index contributed by atoms with van der Waals surface area (Å²) in [5, 5.41) is 0.380. The predicted octanol–water partition coefficient (Wildman–Crippen LogP) is 0.0125. The van der Waals surface area contributed by atoms with Gasteiger partial charge in [-0.1, -0.05) is 0 Å². The Labute approximate surface area is 73.2 Å². The zero-order valence-electron chi connectivity index (χ0n) is 6.53. The fourth-order valence-corrected chi connectivity index (χ4v) is 0. The first-order chi connectivity index (χ1) is 4.37. The molecule has 0 saturated carbocycles. The van der Waals surface area contributed by atoms with Gasteiger partial charge in [0.15, 0.2) is 5.11 Å². The van der Waals surface area contributed by atoms with Crippen molar-refractivity contribution in [3.8, 4) is 0 Å². The van der Waals surface area contributed by atoms with E-state index in [1.54, 1.807) is 0 Å². The molecule has 0 rings (SSSR count). The minimum atomic E-state index is 0.000000000000000222. The Morgan fingerprint density at radius 1 is 1.50 bits per heavy atom. The molecule has 0 aliphatic heterocycles. The lowest BCUT2D eigenvalue weighted by Gasteiger charge is -2.11. The van der Waals surface area contributed by atoms with Gasteiger partial charge in [-0.15, -0.1) is 0 Å². The van der Waals surface area contributed by atoms with Crippen LogP contribution in [0.4, 0.5) is 0 Å². The zero-order chi connectivity index (χ0) is 8.73. The SMILES string of the molecule is CC(S)N(C)C.NC(N)=S. The maximum atomic E-state index is 4.62. The van der Waals surface area contributed by atoms with Crippen LogP contribution in [0.15, 0.2) is 0 Å². The molecule has 0 aromatic heterocycles. The summed E-state index contributed by atoms with van der Waals surface area (Å²) < 4.78 is 0. The maximum Gasteiger partial charge on any atom is 0.160 e. The molecule has 0 aromatic carbocycles. The Morgan fingerprint density at radius 2 is 1.60 bits per heavy atom. The van der Waals surface area contributed by atoms with Crippen molar-refractivity contribution >= 4 is 30.0 Å². The van der Waals surface area contributed by atoms with Crippen LogP contribution in [-0.2, 0) is 0 Å². The van der Waals surface area contributed by atoms with Crippen molar-refractivity contribution in [2.75, 3.05) is 14.1 Å². The molecule has 5 heteroatoms. The van der Waals surface area contributed by atoms with Crippen molar-refractivity contribution in [2.24, 2.45) is 11.5 Å². The van der Waals surface area contributed by atoms with E-state index >= 15 is 0 Å². The van der Waals surface area contributed by atoms with E-state index in [0.29, 0.717) is 5.37 Å². The van der Waals surface area contributed by atoms with Crippen molar-refractivity contribution in [2.45, 2.75) is 12.3 Å². The van der Waals surface area contributed by atoms with Crippen LogP contribution < -0.4 is 11.5 Å². The standard InChI is InChI=1S/C4H11NS.CH4N2S/c1-4(6)5(2)3;2-1(3)4/h4,6H,1-3H3;(H4,2,3,4). The third kappa shape index (κ3) is 24.5. The second-order valence-corrected chi connectivity index (χ2v) is 3.22. The van der Waals surface area contributed by atoms with Gasteiger partial charge in [0.1, 0.15) is 0 Å². The molecule has 0 amide bonds. The molecule has 0 bridgehead atoms. The van der Waals surface area contributed by atoms with Gasteiger partial charge < -0.3 is 11.5 Å². The van der Waals surface area contributed by atoms with Crippen molar-refractivity contribution in [1.29, 1.82) is 0 Å². The van der Waals surface area contributed by atoms with Crippen LogP contribution >= 0.6 is 24.8 Å². The molecule has 0 aliphatic rings. The summed E-state index contributed by atoms with van der Waals surface area (Å²) in [5.41, 5.74) is 9.24. The summed E-state index contributed by atoms with van der Waals surface area (Å²) in [4.78, 5) is 2.03. The van der Waals surface area contributed by atoms with Crippen molar-refractivity contribution in [3.05, 3.63) is 0 Å². The van der Waals surface area contributed by atoms with E-state index in [2.05, 4.69) is 36.3 Å². The van der Waals surface area contributed by atoms with E-state index in [4.69, 9.17) is 0 Å². The number of thiocarbonyl (C=S) groups is 1. The molecule has 0 aliphatic carbocycles. The first-order valence-electron chi connectivity index (χ1n) is 2.77. The number of nitrogens with zero attached hydrogens (tertiary/aromatic N) is 1. The molecule has 4 N–H and O–H groups in total. The fourth-order valence-electron chi connectivity index (χ4n) is 0. The van der Waals surface area contributed by atoms with Crippen molar-refractivity contribution in [1.82, 2.24) is 4.90 Å². The number of thiol groups is 1. The van der Waals surface area contributed by atoms with E-state index < -0.39 is 0 Å². The average molecular weight is 181 g/mol. The van der Waals surface area contributed by atoms with Gasteiger partial charge >= 0.3 is 0 Å². The lowest BCUT2D eigenvalue weighted by molar-refractivity contribution is 0.404.